The maximum absolute atomic E-state index is 13.6. The summed E-state index contributed by atoms with van der Waals surface area (Å²) in [6, 6.07) is 2.02. The van der Waals surface area contributed by atoms with E-state index in [4.69, 9.17) is 5.84 Å². The first-order valence-electron chi connectivity index (χ1n) is 6.70. The van der Waals surface area contributed by atoms with Gasteiger partial charge in [0.15, 0.2) is 11.6 Å². The highest BCUT2D eigenvalue weighted by molar-refractivity contribution is 5.94. The molecule has 1 aliphatic rings. The number of nitrogens with one attached hydrogen (secondary N) is 2. The van der Waals surface area contributed by atoms with Gasteiger partial charge in [0, 0.05) is 11.6 Å². The lowest BCUT2D eigenvalue weighted by Crippen LogP contribution is -2.37. The second-order valence-electron chi connectivity index (χ2n) is 5.45. The first-order chi connectivity index (χ1) is 9.43. The third kappa shape index (κ3) is 2.75. The summed E-state index contributed by atoms with van der Waals surface area (Å²) >= 11 is 0. The van der Waals surface area contributed by atoms with E-state index >= 15 is 0 Å². The number of hydrogen-bond donors (Lipinski definition) is 3. The number of hydrazine groups is 1. The SMILES string of the molecule is CC1CCC(NC(=O)c2cc(F)c(NN)c(F)c2)C1C. The summed E-state index contributed by atoms with van der Waals surface area (Å²) in [6.45, 7) is 4.21. The maximum atomic E-state index is 13.6. The molecule has 4 N–H and O–H groups in total. The monoisotopic (exact) mass is 283 g/mol. The third-order valence-corrected chi connectivity index (χ3v) is 4.23. The van der Waals surface area contributed by atoms with E-state index in [1.54, 1.807) is 0 Å². The fourth-order valence-corrected chi connectivity index (χ4v) is 2.66. The highest BCUT2D eigenvalue weighted by Crippen LogP contribution is 2.31. The lowest BCUT2D eigenvalue weighted by atomic mass is 9.97. The zero-order valence-electron chi connectivity index (χ0n) is 11.5. The molecule has 4 nitrogen and oxygen atoms in total. The van der Waals surface area contributed by atoms with Crippen LogP contribution < -0.4 is 16.6 Å². The lowest BCUT2D eigenvalue weighted by Gasteiger charge is -2.19. The standard InChI is InChI=1S/C14H19F2N3O/c1-7-3-4-12(8(7)2)18-14(20)9-5-10(15)13(19-17)11(16)6-9/h5-8,12,19H,3-4,17H2,1-2H3,(H,18,20). The average Bonchev–Trinajstić information content (AvgIpc) is 2.70. The van der Waals surface area contributed by atoms with Crippen molar-refractivity contribution < 1.29 is 13.6 Å². The molecule has 0 aromatic heterocycles. The van der Waals surface area contributed by atoms with Crippen molar-refractivity contribution >= 4 is 11.6 Å². The molecule has 1 fully saturated rings. The van der Waals surface area contributed by atoms with Gasteiger partial charge in [-0.2, -0.15) is 0 Å². The molecule has 1 aromatic rings. The van der Waals surface area contributed by atoms with Crippen LogP contribution in [0.3, 0.4) is 0 Å². The van der Waals surface area contributed by atoms with Gasteiger partial charge in [0.05, 0.1) is 0 Å². The molecule has 1 aromatic carbocycles. The fourth-order valence-electron chi connectivity index (χ4n) is 2.66. The smallest absolute Gasteiger partial charge is 0.251 e. The van der Waals surface area contributed by atoms with Crippen molar-refractivity contribution in [1.82, 2.24) is 5.32 Å². The molecule has 0 heterocycles. The topological polar surface area (TPSA) is 67.2 Å². The zero-order chi connectivity index (χ0) is 14.9. The maximum Gasteiger partial charge on any atom is 0.251 e. The summed E-state index contributed by atoms with van der Waals surface area (Å²) in [5, 5.41) is 2.84. The van der Waals surface area contributed by atoms with Crippen LogP contribution in [-0.2, 0) is 0 Å². The van der Waals surface area contributed by atoms with E-state index in [1.165, 1.54) is 0 Å². The number of halogens is 2. The van der Waals surface area contributed by atoms with Gasteiger partial charge in [-0.25, -0.2) is 8.78 Å². The number of benzene rings is 1. The second-order valence-corrected chi connectivity index (χ2v) is 5.45. The Hall–Kier alpha value is -1.69. The van der Waals surface area contributed by atoms with Gasteiger partial charge in [-0.15, -0.1) is 0 Å². The number of rotatable bonds is 3. The molecular formula is C14H19F2N3O. The van der Waals surface area contributed by atoms with Crippen LogP contribution >= 0.6 is 0 Å². The largest absolute Gasteiger partial charge is 0.349 e. The summed E-state index contributed by atoms with van der Waals surface area (Å²) in [6.07, 6.45) is 1.94. The molecular weight excluding hydrogens is 264 g/mol. The molecule has 6 heteroatoms. The van der Waals surface area contributed by atoms with Crippen LogP contribution in [0.1, 0.15) is 37.0 Å². The number of hydrogen-bond acceptors (Lipinski definition) is 3. The van der Waals surface area contributed by atoms with E-state index in [0.717, 1.165) is 25.0 Å². The normalized spacial score (nSPS) is 25.6. The summed E-state index contributed by atoms with van der Waals surface area (Å²) in [5.41, 5.74) is 1.46. The van der Waals surface area contributed by atoms with Crippen LogP contribution in [0, 0.1) is 23.5 Å². The highest BCUT2D eigenvalue weighted by Gasteiger charge is 2.31. The van der Waals surface area contributed by atoms with Gasteiger partial charge in [0.1, 0.15) is 5.69 Å². The molecule has 1 amide bonds. The number of nitrogen functional groups attached to an aromatic ring is 1. The summed E-state index contributed by atoms with van der Waals surface area (Å²) < 4.78 is 27.1. The molecule has 0 aliphatic heterocycles. The minimum Gasteiger partial charge on any atom is -0.349 e. The molecule has 3 atom stereocenters. The van der Waals surface area contributed by atoms with Crippen LogP contribution in [0.15, 0.2) is 12.1 Å². The molecule has 0 saturated heterocycles. The first-order valence-corrected chi connectivity index (χ1v) is 6.70. The van der Waals surface area contributed by atoms with Crippen LogP contribution in [0.4, 0.5) is 14.5 Å². The Morgan fingerprint density at radius 1 is 1.25 bits per heavy atom. The number of carbonyl (C=O) groups excluding carboxylic acids is 1. The number of amides is 1. The molecule has 0 bridgehead atoms. The molecule has 3 unspecified atom stereocenters. The van der Waals surface area contributed by atoms with Gasteiger partial charge < -0.3 is 10.7 Å². The van der Waals surface area contributed by atoms with Gasteiger partial charge in [0.2, 0.25) is 0 Å². The molecule has 2 rings (SSSR count). The van der Waals surface area contributed by atoms with Gasteiger partial charge in [-0.05, 0) is 36.8 Å². The van der Waals surface area contributed by atoms with E-state index in [1.807, 2.05) is 5.43 Å². The third-order valence-electron chi connectivity index (χ3n) is 4.23. The predicted octanol–water partition coefficient (Wildman–Crippen LogP) is 2.41. The summed E-state index contributed by atoms with van der Waals surface area (Å²) in [7, 11) is 0. The first kappa shape index (κ1) is 14.7. The van der Waals surface area contributed by atoms with Crippen molar-refractivity contribution in [2.45, 2.75) is 32.7 Å². The Balaban J connectivity index is 2.14. The van der Waals surface area contributed by atoms with Gasteiger partial charge >= 0.3 is 0 Å². The van der Waals surface area contributed by atoms with Crippen LogP contribution in [0.5, 0.6) is 0 Å². The molecule has 1 saturated carbocycles. The van der Waals surface area contributed by atoms with E-state index in [2.05, 4.69) is 19.2 Å². The Bertz CT molecular complexity index is 498. The van der Waals surface area contributed by atoms with Crippen molar-refractivity contribution in [1.29, 1.82) is 0 Å². The van der Waals surface area contributed by atoms with Gasteiger partial charge in [0.25, 0.3) is 5.91 Å². The fraction of sp³-hybridized carbons (Fsp3) is 0.500. The molecule has 20 heavy (non-hydrogen) atoms. The molecule has 0 spiro atoms. The highest BCUT2D eigenvalue weighted by atomic mass is 19.1. The van der Waals surface area contributed by atoms with Crippen molar-refractivity contribution in [3.63, 3.8) is 0 Å². The number of carbonyl (C=O) groups is 1. The van der Waals surface area contributed by atoms with E-state index < -0.39 is 23.2 Å². The quantitative estimate of drug-likeness (QED) is 0.589. The Kier molecular flexibility index (Phi) is 4.23. The zero-order valence-corrected chi connectivity index (χ0v) is 11.5. The molecule has 110 valence electrons. The van der Waals surface area contributed by atoms with E-state index in [9.17, 15) is 13.6 Å². The summed E-state index contributed by atoms with van der Waals surface area (Å²) in [5.74, 6) is 3.68. The van der Waals surface area contributed by atoms with Crippen LogP contribution in [0.2, 0.25) is 0 Å². The van der Waals surface area contributed by atoms with Gasteiger partial charge in [-0.3, -0.25) is 10.6 Å². The minimum absolute atomic E-state index is 0.0363. The lowest BCUT2D eigenvalue weighted by molar-refractivity contribution is 0.0926. The number of nitrogens with two attached hydrogens (primary N) is 1. The average molecular weight is 283 g/mol. The van der Waals surface area contributed by atoms with E-state index in [0.29, 0.717) is 11.8 Å². The van der Waals surface area contributed by atoms with E-state index in [-0.39, 0.29) is 11.6 Å². The van der Waals surface area contributed by atoms with Crippen LogP contribution in [-0.4, -0.2) is 11.9 Å². The van der Waals surface area contributed by atoms with Crippen molar-refractivity contribution in [2.75, 3.05) is 5.43 Å². The van der Waals surface area contributed by atoms with Crippen molar-refractivity contribution in [3.8, 4) is 0 Å². The molecule has 1 aliphatic carbocycles. The summed E-state index contributed by atoms with van der Waals surface area (Å²) in [4.78, 5) is 12.1. The molecule has 0 radical (unpaired) electrons. The number of anilines is 1. The van der Waals surface area contributed by atoms with Crippen molar-refractivity contribution in [3.05, 3.63) is 29.3 Å². The Morgan fingerprint density at radius 2 is 1.85 bits per heavy atom. The Labute approximate surface area is 116 Å². The Morgan fingerprint density at radius 3 is 2.30 bits per heavy atom. The second kappa shape index (κ2) is 5.75. The predicted molar refractivity (Wildman–Crippen MR) is 73.0 cm³/mol. The minimum atomic E-state index is -0.884. The van der Waals surface area contributed by atoms with Crippen molar-refractivity contribution in [2.24, 2.45) is 17.7 Å². The van der Waals surface area contributed by atoms with Gasteiger partial charge in [-0.1, -0.05) is 13.8 Å². The van der Waals surface area contributed by atoms with Crippen LogP contribution in [0.25, 0.3) is 0 Å².